The van der Waals surface area contributed by atoms with E-state index in [0.29, 0.717) is 24.9 Å². The molecule has 202 valence electrons. The smallest absolute Gasteiger partial charge is 0.251 e. The van der Waals surface area contributed by atoms with Gasteiger partial charge in [0.2, 0.25) is 16.0 Å². The number of benzene rings is 2. The number of alkyl halides is 2. The minimum absolute atomic E-state index is 0.123. The van der Waals surface area contributed by atoms with Crippen molar-refractivity contribution < 1.29 is 17.2 Å². The zero-order valence-electron chi connectivity index (χ0n) is 21.3. The Morgan fingerprint density at radius 1 is 0.974 bits per heavy atom. The van der Waals surface area contributed by atoms with Crippen LogP contribution in [0.25, 0.3) is 0 Å². The highest BCUT2D eigenvalue weighted by Crippen LogP contribution is 2.31. The number of rotatable bonds is 10. The molecule has 8 nitrogen and oxygen atoms in total. The number of piperidine rings is 1. The topological polar surface area (TPSA) is 99.2 Å². The standard InChI is InChI=1S/C27H32F2N6O2S/c1-2-20-18-30-26(33-22-7-9-23(10-8-22)35-15-13-27(28,29)14-16-35)34-25(20)32-21-5-3-19(4-6-21)17-31-38(36,37)24-11-12-24/h3-10,18,24,31H,2,11-17H2,1H3,(H2,30,32,33,34). The van der Waals surface area contributed by atoms with Crippen LogP contribution in [0.3, 0.4) is 0 Å². The molecule has 2 fully saturated rings. The molecule has 2 heterocycles. The van der Waals surface area contributed by atoms with Gasteiger partial charge in [-0.05, 0) is 61.2 Å². The lowest BCUT2D eigenvalue weighted by molar-refractivity contribution is -0.0220. The number of sulfonamides is 1. The van der Waals surface area contributed by atoms with Gasteiger partial charge in [0.15, 0.2) is 0 Å². The molecule has 0 spiro atoms. The predicted molar refractivity (Wildman–Crippen MR) is 146 cm³/mol. The van der Waals surface area contributed by atoms with Crippen LogP contribution >= 0.6 is 0 Å². The number of nitrogens with one attached hydrogen (secondary N) is 3. The van der Waals surface area contributed by atoms with Gasteiger partial charge in [0.25, 0.3) is 5.92 Å². The second-order valence-electron chi connectivity index (χ2n) is 9.82. The molecule has 2 aliphatic rings. The molecule has 5 rings (SSSR count). The minimum Gasteiger partial charge on any atom is -0.371 e. The molecule has 1 aromatic heterocycles. The number of halogens is 2. The van der Waals surface area contributed by atoms with Crippen molar-refractivity contribution in [3.63, 3.8) is 0 Å². The molecule has 3 N–H and O–H groups in total. The van der Waals surface area contributed by atoms with Gasteiger partial charge in [-0.2, -0.15) is 4.98 Å². The quantitative estimate of drug-likeness (QED) is 0.318. The second kappa shape index (κ2) is 10.8. The second-order valence-corrected chi connectivity index (χ2v) is 11.9. The monoisotopic (exact) mass is 542 g/mol. The molecule has 11 heteroatoms. The molecule has 1 saturated carbocycles. The lowest BCUT2D eigenvalue weighted by atomic mass is 10.1. The summed E-state index contributed by atoms with van der Waals surface area (Å²) < 4.78 is 53.7. The van der Waals surface area contributed by atoms with Gasteiger partial charge in [0.05, 0.1) is 5.25 Å². The maximum absolute atomic E-state index is 13.5. The van der Waals surface area contributed by atoms with Gasteiger partial charge in [-0.25, -0.2) is 26.9 Å². The number of hydrogen-bond acceptors (Lipinski definition) is 7. The van der Waals surface area contributed by atoms with Crippen molar-refractivity contribution in [3.8, 4) is 0 Å². The zero-order chi connectivity index (χ0) is 26.8. The van der Waals surface area contributed by atoms with Crippen LogP contribution in [0.2, 0.25) is 0 Å². The van der Waals surface area contributed by atoms with Gasteiger partial charge in [-0.3, -0.25) is 0 Å². The van der Waals surface area contributed by atoms with E-state index in [1.165, 1.54) is 0 Å². The van der Waals surface area contributed by atoms with Gasteiger partial charge in [-0.15, -0.1) is 0 Å². The normalized spacial score (nSPS) is 17.3. The number of nitrogens with zero attached hydrogens (tertiary/aromatic N) is 3. The van der Waals surface area contributed by atoms with E-state index in [1.807, 2.05) is 60.4 Å². The number of aryl methyl sites for hydroxylation is 1. The first-order valence-electron chi connectivity index (χ1n) is 12.9. The molecule has 2 aromatic carbocycles. The van der Waals surface area contributed by atoms with Crippen molar-refractivity contribution in [2.24, 2.45) is 0 Å². The summed E-state index contributed by atoms with van der Waals surface area (Å²) in [6.45, 7) is 2.98. The van der Waals surface area contributed by atoms with Crippen LogP contribution in [0.4, 0.5) is 37.6 Å². The van der Waals surface area contributed by atoms with Gasteiger partial charge in [-0.1, -0.05) is 19.1 Å². The third kappa shape index (κ3) is 6.57. The van der Waals surface area contributed by atoms with Crippen molar-refractivity contribution >= 4 is 38.9 Å². The van der Waals surface area contributed by atoms with Crippen molar-refractivity contribution in [1.82, 2.24) is 14.7 Å². The first-order chi connectivity index (χ1) is 18.2. The van der Waals surface area contributed by atoms with E-state index < -0.39 is 15.9 Å². The Balaban J connectivity index is 1.21. The Morgan fingerprint density at radius 2 is 1.61 bits per heavy atom. The maximum Gasteiger partial charge on any atom is 0.251 e. The summed E-state index contributed by atoms with van der Waals surface area (Å²) in [6, 6.07) is 15.2. The molecular weight excluding hydrogens is 510 g/mol. The lowest BCUT2D eigenvalue weighted by Gasteiger charge is -2.33. The van der Waals surface area contributed by atoms with E-state index >= 15 is 0 Å². The van der Waals surface area contributed by atoms with E-state index in [4.69, 9.17) is 0 Å². The molecule has 0 atom stereocenters. The summed E-state index contributed by atoms with van der Waals surface area (Å²) in [5, 5.41) is 6.32. The Bertz CT molecular complexity index is 1350. The lowest BCUT2D eigenvalue weighted by Crippen LogP contribution is -2.39. The van der Waals surface area contributed by atoms with Crippen LogP contribution < -0.4 is 20.3 Å². The Hall–Kier alpha value is -3.31. The summed E-state index contributed by atoms with van der Waals surface area (Å²) in [7, 11) is -3.22. The average Bonchev–Trinajstić information content (AvgIpc) is 3.76. The molecule has 1 aliphatic carbocycles. The summed E-state index contributed by atoms with van der Waals surface area (Å²) in [4.78, 5) is 11.1. The molecule has 1 aliphatic heterocycles. The molecule has 0 bridgehead atoms. The molecule has 0 amide bonds. The number of hydrogen-bond donors (Lipinski definition) is 3. The van der Waals surface area contributed by atoms with Crippen LogP contribution in [0, 0.1) is 0 Å². The van der Waals surface area contributed by atoms with Gasteiger partial charge < -0.3 is 15.5 Å². The van der Waals surface area contributed by atoms with E-state index in [9.17, 15) is 17.2 Å². The molecule has 3 aromatic rings. The summed E-state index contributed by atoms with van der Waals surface area (Å²) in [6.07, 6.45) is 3.75. The van der Waals surface area contributed by atoms with E-state index in [2.05, 4.69) is 25.3 Å². The van der Waals surface area contributed by atoms with Crippen molar-refractivity contribution in [1.29, 1.82) is 0 Å². The summed E-state index contributed by atoms with van der Waals surface area (Å²) in [5.41, 5.74) is 4.37. The molecule has 0 radical (unpaired) electrons. The maximum atomic E-state index is 13.5. The van der Waals surface area contributed by atoms with E-state index in [-0.39, 0.29) is 24.6 Å². The zero-order valence-corrected chi connectivity index (χ0v) is 22.1. The highest BCUT2D eigenvalue weighted by molar-refractivity contribution is 7.90. The summed E-state index contributed by atoms with van der Waals surface area (Å²) >= 11 is 0. The third-order valence-electron chi connectivity index (χ3n) is 6.89. The molecule has 38 heavy (non-hydrogen) atoms. The highest BCUT2D eigenvalue weighted by Gasteiger charge is 2.35. The van der Waals surface area contributed by atoms with Crippen LogP contribution in [0.5, 0.6) is 0 Å². The number of aromatic nitrogens is 2. The number of anilines is 5. The Kier molecular flexibility index (Phi) is 7.49. The van der Waals surface area contributed by atoms with Crippen molar-refractivity contribution in [3.05, 3.63) is 65.9 Å². The minimum atomic E-state index is -3.22. The van der Waals surface area contributed by atoms with Crippen molar-refractivity contribution in [2.45, 2.75) is 56.7 Å². The largest absolute Gasteiger partial charge is 0.371 e. The Morgan fingerprint density at radius 3 is 2.24 bits per heavy atom. The molecule has 0 unspecified atom stereocenters. The highest BCUT2D eigenvalue weighted by atomic mass is 32.2. The van der Waals surface area contributed by atoms with Gasteiger partial charge in [0.1, 0.15) is 5.82 Å². The summed E-state index contributed by atoms with van der Waals surface area (Å²) in [5.74, 6) is -1.46. The van der Waals surface area contributed by atoms with Crippen molar-refractivity contribution in [2.75, 3.05) is 28.6 Å². The van der Waals surface area contributed by atoms with Crippen LogP contribution in [-0.4, -0.2) is 42.6 Å². The van der Waals surface area contributed by atoms with Gasteiger partial charge in [0, 0.05) is 61.3 Å². The first kappa shape index (κ1) is 26.3. The van der Waals surface area contributed by atoms with E-state index in [1.54, 1.807) is 6.20 Å². The van der Waals surface area contributed by atoms with Crippen LogP contribution in [0.1, 0.15) is 43.7 Å². The van der Waals surface area contributed by atoms with Gasteiger partial charge >= 0.3 is 0 Å². The third-order valence-corrected chi connectivity index (χ3v) is 8.78. The fourth-order valence-corrected chi connectivity index (χ4v) is 5.69. The van der Waals surface area contributed by atoms with Crippen LogP contribution in [-0.2, 0) is 23.0 Å². The Labute approximate surface area is 221 Å². The average molecular weight is 543 g/mol. The predicted octanol–water partition coefficient (Wildman–Crippen LogP) is 5.34. The van der Waals surface area contributed by atoms with Crippen LogP contribution in [0.15, 0.2) is 54.7 Å². The molecule has 1 saturated heterocycles. The fraction of sp³-hybridized carbons (Fsp3) is 0.407. The SMILES string of the molecule is CCc1cnc(Nc2ccc(N3CCC(F)(F)CC3)cc2)nc1Nc1ccc(CNS(=O)(=O)C2CC2)cc1. The molecular formula is C27H32F2N6O2S. The first-order valence-corrected chi connectivity index (χ1v) is 14.5. The van der Waals surface area contributed by atoms with E-state index in [0.717, 1.165) is 47.5 Å². The fourth-order valence-electron chi connectivity index (χ4n) is 4.33.